The van der Waals surface area contributed by atoms with Gasteiger partial charge in [0.25, 0.3) is 0 Å². The summed E-state index contributed by atoms with van der Waals surface area (Å²) in [7, 11) is 0. The van der Waals surface area contributed by atoms with Crippen LogP contribution >= 0.6 is 0 Å². The van der Waals surface area contributed by atoms with Gasteiger partial charge in [-0.05, 0) is 18.7 Å². The summed E-state index contributed by atoms with van der Waals surface area (Å²) in [6, 6.07) is 8.35. The standard InChI is InChI=1S/C11H9/c1-9-6-7-10-4-2-3-5-11(10)8-9/h2-5,7H,1,8H2/q+1. The van der Waals surface area contributed by atoms with E-state index in [2.05, 4.69) is 30.9 Å². The Hall–Kier alpha value is -1.39. The van der Waals surface area contributed by atoms with E-state index < -0.39 is 0 Å². The van der Waals surface area contributed by atoms with Gasteiger partial charge in [-0.1, -0.05) is 6.07 Å². The van der Waals surface area contributed by atoms with Gasteiger partial charge in [-0.15, -0.1) is 0 Å². The summed E-state index contributed by atoms with van der Waals surface area (Å²) in [4.78, 5) is 0. The van der Waals surface area contributed by atoms with Crippen LogP contribution in [0.4, 0.5) is 0 Å². The summed E-state index contributed by atoms with van der Waals surface area (Å²) < 4.78 is 0. The van der Waals surface area contributed by atoms with Crippen LogP contribution in [0, 0.1) is 6.08 Å². The van der Waals surface area contributed by atoms with Crippen molar-refractivity contribution >= 4 is 6.08 Å². The third-order valence-electron chi connectivity index (χ3n) is 1.89. The smallest absolute Gasteiger partial charge is 0.0596 e. The lowest BCUT2D eigenvalue weighted by atomic mass is 9.95. The zero-order valence-corrected chi connectivity index (χ0v) is 6.30. The van der Waals surface area contributed by atoms with Crippen LogP contribution in [0.2, 0.25) is 0 Å². The molecule has 1 aliphatic carbocycles. The van der Waals surface area contributed by atoms with Crippen LogP contribution in [0.15, 0.2) is 36.4 Å². The number of benzene rings is 1. The monoisotopic (exact) mass is 141 g/mol. The zero-order valence-electron chi connectivity index (χ0n) is 6.30. The highest BCUT2D eigenvalue weighted by Crippen LogP contribution is 2.19. The lowest BCUT2D eigenvalue weighted by Gasteiger charge is -2.02. The van der Waals surface area contributed by atoms with Crippen LogP contribution in [0.3, 0.4) is 0 Å². The Balaban J connectivity index is 2.54. The molecule has 0 aliphatic heterocycles. The Kier molecular flexibility index (Phi) is 1.34. The van der Waals surface area contributed by atoms with Crippen LogP contribution in [-0.4, -0.2) is 0 Å². The lowest BCUT2D eigenvalue weighted by molar-refractivity contribution is 1.17. The van der Waals surface area contributed by atoms with Crippen molar-refractivity contribution in [3.8, 4) is 0 Å². The third kappa shape index (κ3) is 1.09. The first kappa shape index (κ1) is 6.33. The molecule has 0 unspecified atom stereocenters. The second kappa shape index (κ2) is 2.34. The van der Waals surface area contributed by atoms with Gasteiger partial charge in [-0.2, -0.15) is 0 Å². The fourth-order valence-electron chi connectivity index (χ4n) is 1.30. The van der Waals surface area contributed by atoms with Crippen LogP contribution < -0.4 is 0 Å². The third-order valence-corrected chi connectivity index (χ3v) is 1.89. The SMILES string of the molecule is C=C1[C+]=Cc2ccccc2C1. The van der Waals surface area contributed by atoms with E-state index >= 15 is 0 Å². The fourth-order valence-corrected chi connectivity index (χ4v) is 1.30. The summed E-state index contributed by atoms with van der Waals surface area (Å²) >= 11 is 0. The Morgan fingerprint density at radius 1 is 1.27 bits per heavy atom. The van der Waals surface area contributed by atoms with E-state index in [1.54, 1.807) is 0 Å². The predicted octanol–water partition coefficient (Wildman–Crippen LogP) is 2.62. The molecule has 0 heteroatoms. The van der Waals surface area contributed by atoms with Crippen molar-refractivity contribution in [3.63, 3.8) is 0 Å². The average molecular weight is 141 g/mol. The first-order valence-electron chi connectivity index (χ1n) is 3.72. The molecule has 1 aliphatic rings. The molecular weight excluding hydrogens is 132 g/mol. The largest absolute Gasteiger partial charge is 0.113 e. The molecular formula is C11H9+. The predicted molar refractivity (Wildman–Crippen MR) is 47.0 cm³/mol. The molecule has 0 aromatic heterocycles. The number of fused-ring (bicyclic) bond motifs is 1. The van der Waals surface area contributed by atoms with E-state index in [-0.39, 0.29) is 0 Å². The number of hydrogen-bond acceptors (Lipinski definition) is 0. The molecule has 1 aromatic carbocycles. The molecule has 0 saturated carbocycles. The van der Waals surface area contributed by atoms with Crippen LogP contribution in [0.5, 0.6) is 0 Å². The molecule has 0 fully saturated rings. The summed E-state index contributed by atoms with van der Waals surface area (Å²) in [6.45, 7) is 3.87. The highest BCUT2D eigenvalue weighted by molar-refractivity contribution is 5.58. The minimum atomic E-state index is 0.951. The fraction of sp³-hybridized carbons (Fsp3) is 0.0909. The Labute approximate surface area is 66.9 Å². The maximum Gasteiger partial charge on any atom is 0.113 e. The quantitative estimate of drug-likeness (QED) is 0.487. The molecule has 0 atom stereocenters. The molecule has 0 amide bonds. The Morgan fingerprint density at radius 2 is 2.09 bits per heavy atom. The molecule has 0 bridgehead atoms. The van der Waals surface area contributed by atoms with Gasteiger partial charge in [0.15, 0.2) is 0 Å². The van der Waals surface area contributed by atoms with Gasteiger partial charge in [0, 0.05) is 24.1 Å². The molecule has 0 heterocycles. The van der Waals surface area contributed by atoms with Gasteiger partial charge in [0.05, 0.1) is 5.56 Å². The van der Waals surface area contributed by atoms with E-state index in [1.165, 1.54) is 11.1 Å². The topological polar surface area (TPSA) is 0 Å². The Morgan fingerprint density at radius 3 is 3.00 bits per heavy atom. The van der Waals surface area contributed by atoms with Gasteiger partial charge in [0.1, 0.15) is 11.6 Å². The van der Waals surface area contributed by atoms with Crippen LogP contribution in [0.25, 0.3) is 6.08 Å². The zero-order chi connectivity index (χ0) is 7.68. The number of allylic oxidation sites excluding steroid dienone is 2. The van der Waals surface area contributed by atoms with Gasteiger partial charge < -0.3 is 0 Å². The van der Waals surface area contributed by atoms with Gasteiger partial charge >= 0.3 is 0 Å². The highest BCUT2D eigenvalue weighted by atomic mass is 14.1. The summed E-state index contributed by atoms with van der Waals surface area (Å²) in [5, 5.41) is 0. The first-order chi connectivity index (χ1) is 5.36. The maximum atomic E-state index is 3.87. The van der Waals surface area contributed by atoms with Crippen molar-refractivity contribution < 1.29 is 0 Å². The molecule has 52 valence electrons. The molecule has 0 N–H and O–H groups in total. The van der Waals surface area contributed by atoms with E-state index in [1.807, 2.05) is 12.1 Å². The van der Waals surface area contributed by atoms with E-state index in [0.29, 0.717) is 0 Å². The minimum absolute atomic E-state index is 0.951. The molecule has 2 rings (SSSR count). The maximum absolute atomic E-state index is 3.87. The molecule has 0 saturated heterocycles. The van der Waals surface area contributed by atoms with Gasteiger partial charge in [0.2, 0.25) is 0 Å². The normalized spacial score (nSPS) is 14.0. The van der Waals surface area contributed by atoms with Crippen molar-refractivity contribution in [2.45, 2.75) is 6.42 Å². The molecule has 0 nitrogen and oxygen atoms in total. The van der Waals surface area contributed by atoms with E-state index in [4.69, 9.17) is 0 Å². The molecule has 0 spiro atoms. The van der Waals surface area contributed by atoms with Crippen LogP contribution in [0.1, 0.15) is 11.1 Å². The van der Waals surface area contributed by atoms with Gasteiger partial charge in [-0.3, -0.25) is 0 Å². The second-order valence-corrected chi connectivity index (χ2v) is 2.77. The Bertz CT molecular complexity index is 319. The summed E-state index contributed by atoms with van der Waals surface area (Å²) in [5.41, 5.74) is 3.71. The second-order valence-electron chi connectivity index (χ2n) is 2.77. The van der Waals surface area contributed by atoms with Crippen molar-refractivity contribution in [1.29, 1.82) is 0 Å². The van der Waals surface area contributed by atoms with Crippen molar-refractivity contribution in [2.24, 2.45) is 0 Å². The lowest BCUT2D eigenvalue weighted by Crippen LogP contribution is -1.95. The molecule has 11 heavy (non-hydrogen) atoms. The first-order valence-corrected chi connectivity index (χ1v) is 3.72. The van der Waals surface area contributed by atoms with Crippen molar-refractivity contribution in [1.82, 2.24) is 0 Å². The highest BCUT2D eigenvalue weighted by Gasteiger charge is 2.12. The molecule has 1 aromatic rings. The average Bonchev–Trinajstić information content (AvgIpc) is 2.04. The number of rotatable bonds is 0. The van der Waals surface area contributed by atoms with Crippen molar-refractivity contribution in [3.05, 3.63) is 53.6 Å². The summed E-state index contributed by atoms with van der Waals surface area (Å²) in [6.07, 6.45) is 6.07. The van der Waals surface area contributed by atoms with E-state index in [0.717, 1.165) is 12.0 Å². The molecule has 0 radical (unpaired) electrons. The van der Waals surface area contributed by atoms with Crippen LogP contribution in [-0.2, 0) is 6.42 Å². The minimum Gasteiger partial charge on any atom is -0.0596 e. The number of hydrogen-bond donors (Lipinski definition) is 0. The summed E-state index contributed by atoms with van der Waals surface area (Å²) in [5.74, 6) is 0. The van der Waals surface area contributed by atoms with E-state index in [9.17, 15) is 0 Å². The van der Waals surface area contributed by atoms with Gasteiger partial charge in [-0.25, -0.2) is 0 Å². The van der Waals surface area contributed by atoms with Crippen molar-refractivity contribution in [2.75, 3.05) is 0 Å².